The number of aromatic nitrogens is 2. The van der Waals surface area contributed by atoms with Crippen molar-refractivity contribution in [3.8, 4) is 5.75 Å². The summed E-state index contributed by atoms with van der Waals surface area (Å²) in [7, 11) is 1.62. The lowest BCUT2D eigenvalue weighted by molar-refractivity contribution is 0.414. The minimum Gasteiger partial charge on any atom is -0.497 e. The fourth-order valence-electron chi connectivity index (χ4n) is 1.93. The van der Waals surface area contributed by atoms with Crippen molar-refractivity contribution in [2.24, 2.45) is 5.73 Å². The maximum Gasteiger partial charge on any atom is 0.138 e. The van der Waals surface area contributed by atoms with Crippen LogP contribution in [0.25, 0.3) is 11.0 Å². The number of nitrogens with zero attached hydrogens (tertiary/aromatic N) is 2. The molecule has 2 heterocycles. The molecule has 1 atom stereocenters. The third-order valence-electron chi connectivity index (χ3n) is 2.95. The summed E-state index contributed by atoms with van der Waals surface area (Å²) in [5.74, 6) is 1.41. The van der Waals surface area contributed by atoms with Gasteiger partial charge >= 0.3 is 0 Å². The lowest BCUT2D eigenvalue weighted by atomic mass is 10.1. The molecular weight excluding hydrogens is 242 g/mol. The van der Waals surface area contributed by atoms with Crippen LogP contribution in [0.3, 0.4) is 0 Å². The highest BCUT2D eigenvalue weighted by Crippen LogP contribution is 2.28. The number of benzene rings is 1. The smallest absolute Gasteiger partial charge is 0.138 e. The zero-order valence-corrected chi connectivity index (χ0v) is 10.4. The summed E-state index contributed by atoms with van der Waals surface area (Å²) >= 11 is 0. The minimum atomic E-state index is -0.424. The molecule has 0 fully saturated rings. The molecule has 0 saturated heterocycles. The van der Waals surface area contributed by atoms with Crippen molar-refractivity contribution in [2.75, 3.05) is 7.11 Å². The molecule has 3 rings (SSSR count). The molecule has 19 heavy (non-hydrogen) atoms. The van der Waals surface area contributed by atoms with Gasteiger partial charge in [-0.25, -0.2) is 0 Å². The molecule has 0 spiro atoms. The Morgan fingerprint density at radius 2 is 2.16 bits per heavy atom. The Hall–Kier alpha value is -2.40. The minimum absolute atomic E-state index is 0.424. The summed E-state index contributed by atoms with van der Waals surface area (Å²) in [6, 6.07) is 7.14. The van der Waals surface area contributed by atoms with Gasteiger partial charge in [-0.15, -0.1) is 0 Å². The van der Waals surface area contributed by atoms with Crippen molar-refractivity contribution >= 4 is 11.0 Å². The first kappa shape index (κ1) is 11.7. The van der Waals surface area contributed by atoms with E-state index in [1.165, 1.54) is 0 Å². The van der Waals surface area contributed by atoms with Crippen LogP contribution in [0.15, 0.2) is 47.3 Å². The highest BCUT2D eigenvalue weighted by atomic mass is 16.5. The van der Waals surface area contributed by atoms with Gasteiger partial charge in [0.25, 0.3) is 0 Å². The largest absolute Gasteiger partial charge is 0.497 e. The summed E-state index contributed by atoms with van der Waals surface area (Å²) in [5, 5.41) is 0.982. The van der Waals surface area contributed by atoms with Gasteiger partial charge in [-0.1, -0.05) is 0 Å². The second-order valence-electron chi connectivity index (χ2n) is 4.16. The van der Waals surface area contributed by atoms with Gasteiger partial charge in [0, 0.05) is 23.8 Å². The van der Waals surface area contributed by atoms with Crippen LogP contribution in [0.2, 0.25) is 0 Å². The molecule has 1 aromatic carbocycles. The molecule has 0 saturated carbocycles. The van der Waals surface area contributed by atoms with Gasteiger partial charge in [-0.2, -0.15) is 0 Å². The van der Waals surface area contributed by atoms with E-state index in [1.807, 2.05) is 24.3 Å². The van der Waals surface area contributed by atoms with Crippen LogP contribution in [0.1, 0.15) is 17.5 Å². The fraction of sp³-hybridized carbons (Fsp3) is 0.143. The standard InChI is InChI=1S/C14H13N3O2/c1-18-10-3-2-9-6-13(19-12(9)7-10)14(15)11-8-16-4-5-17-11/h2-8,14H,15H2,1H3. The Labute approximate surface area is 110 Å². The van der Waals surface area contributed by atoms with E-state index in [1.54, 1.807) is 25.7 Å². The second-order valence-corrected chi connectivity index (χ2v) is 4.16. The zero-order valence-electron chi connectivity index (χ0n) is 10.4. The number of ether oxygens (including phenoxy) is 1. The van der Waals surface area contributed by atoms with Crippen LogP contribution in [0.4, 0.5) is 0 Å². The van der Waals surface area contributed by atoms with Gasteiger partial charge in [-0.05, 0) is 18.2 Å². The molecule has 0 amide bonds. The Balaban J connectivity index is 2.01. The quantitative estimate of drug-likeness (QED) is 0.777. The van der Waals surface area contributed by atoms with Crippen LogP contribution < -0.4 is 10.5 Å². The van der Waals surface area contributed by atoms with Crippen LogP contribution in [-0.4, -0.2) is 17.1 Å². The molecule has 2 N–H and O–H groups in total. The molecular formula is C14H13N3O2. The number of hydrogen-bond acceptors (Lipinski definition) is 5. The molecule has 0 aliphatic heterocycles. The third kappa shape index (κ3) is 2.15. The van der Waals surface area contributed by atoms with E-state index < -0.39 is 6.04 Å². The zero-order chi connectivity index (χ0) is 13.2. The Morgan fingerprint density at radius 3 is 2.89 bits per heavy atom. The number of nitrogens with two attached hydrogens (primary N) is 1. The second kappa shape index (κ2) is 4.70. The highest BCUT2D eigenvalue weighted by Gasteiger charge is 2.15. The summed E-state index contributed by atoms with van der Waals surface area (Å²) in [4.78, 5) is 8.20. The number of rotatable bonds is 3. The number of methoxy groups -OCH3 is 1. The average Bonchev–Trinajstić information content (AvgIpc) is 2.90. The van der Waals surface area contributed by atoms with Gasteiger partial charge in [0.15, 0.2) is 0 Å². The number of fused-ring (bicyclic) bond motifs is 1. The van der Waals surface area contributed by atoms with Gasteiger partial charge in [0.2, 0.25) is 0 Å². The van der Waals surface area contributed by atoms with Crippen molar-refractivity contribution in [2.45, 2.75) is 6.04 Å². The number of furan rings is 1. The third-order valence-corrected chi connectivity index (χ3v) is 2.95. The summed E-state index contributed by atoms with van der Waals surface area (Å²) < 4.78 is 10.9. The Kier molecular flexibility index (Phi) is 2.89. The SMILES string of the molecule is COc1ccc2cc(C(N)c3cnccn3)oc2c1. The lowest BCUT2D eigenvalue weighted by Gasteiger charge is -2.06. The van der Waals surface area contributed by atoms with E-state index in [0.29, 0.717) is 11.5 Å². The molecule has 3 aromatic rings. The lowest BCUT2D eigenvalue weighted by Crippen LogP contribution is -2.12. The maximum atomic E-state index is 6.12. The van der Waals surface area contributed by atoms with Crippen LogP contribution in [0.5, 0.6) is 5.75 Å². The predicted octanol–water partition coefficient (Wildman–Crippen LogP) is 2.28. The van der Waals surface area contributed by atoms with Crippen molar-refractivity contribution in [1.82, 2.24) is 9.97 Å². The van der Waals surface area contributed by atoms with E-state index in [9.17, 15) is 0 Å². The fourth-order valence-corrected chi connectivity index (χ4v) is 1.93. The van der Waals surface area contributed by atoms with E-state index in [0.717, 1.165) is 16.7 Å². The number of hydrogen-bond donors (Lipinski definition) is 1. The topological polar surface area (TPSA) is 74.2 Å². The predicted molar refractivity (Wildman–Crippen MR) is 70.8 cm³/mol. The van der Waals surface area contributed by atoms with Crippen molar-refractivity contribution in [3.05, 3.63) is 54.3 Å². The van der Waals surface area contributed by atoms with E-state index in [4.69, 9.17) is 14.9 Å². The molecule has 5 heteroatoms. The molecule has 5 nitrogen and oxygen atoms in total. The molecule has 0 aliphatic carbocycles. The van der Waals surface area contributed by atoms with Gasteiger partial charge in [0.1, 0.15) is 23.1 Å². The molecule has 96 valence electrons. The van der Waals surface area contributed by atoms with Crippen LogP contribution >= 0.6 is 0 Å². The van der Waals surface area contributed by atoms with Gasteiger partial charge in [-0.3, -0.25) is 9.97 Å². The first-order valence-corrected chi connectivity index (χ1v) is 5.87. The summed E-state index contributed by atoms with van der Waals surface area (Å²) in [5.41, 5.74) is 7.54. The first-order chi connectivity index (χ1) is 9.28. The molecule has 0 bridgehead atoms. The normalized spacial score (nSPS) is 12.5. The molecule has 0 aliphatic rings. The molecule has 0 radical (unpaired) electrons. The van der Waals surface area contributed by atoms with Crippen LogP contribution in [0, 0.1) is 0 Å². The van der Waals surface area contributed by atoms with Crippen LogP contribution in [-0.2, 0) is 0 Å². The average molecular weight is 255 g/mol. The molecule has 1 unspecified atom stereocenters. The first-order valence-electron chi connectivity index (χ1n) is 5.87. The monoisotopic (exact) mass is 255 g/mol. The van der Waals surface area contributed by atoms with Crippen molar-refractivity contribution in [1.29, 1.82) is 0 Å². The van der Waals surface area contributed by atoms with E-state index >= 15 is 0 Å². The van der Waals surface area contributed by atoms with Crippen molar-refractivity contribution in [3.63, 3.8) is 0 Å². The van der Waals surface area contributed by atoms with Gasteiger partial charge in [0.05, 0.1) is 19.0 Å². The Morgan fingerprint density at radius 1 is 1.26 bits per heavy atom. The van der Waals surface area contributed by atoms with E-state index in [-0.39, 0.29) is 0 Å². The van der Waals surface area contributed by atoms with Gasteiger partial charge < -0.3 is 14.9 Å². The summed E-state index contributed by atoms with van der Waals surface area (Å²) in [6.45, 7) is 0. The summed E-state index contributed by atoms with van der Waals surface area (Å²) in [6.07, 6.45) is 4.86. The molecule has 2 aromatic heterocycles. The van der Waals surface area contributed by atoms with Crippen molar-refractivity contribution < 1.29 is 9.15 Å². The maximum absolute atomic E-state index is 6.12. The highest BCUT2D eigenvalue weighted by molar-refractivity contribution is 5.79. The Bertz CT molecular complexity index is 694. The van der Waals surface area contributed by atoms with E-state index in [2.05, 4.69) is 9.97 Å².